The van der Waals surface area contributed by atoms with Gasteiger partial charge in [-0.3, -0.25) is 4.79 Å². The molecule has 0 heterocycles. The maximum Gasteiger partial charge on any atom is 0.185 e. The summed E-state index contributed by atoms with van der Waals surface area (Å²) in [6, 6.07) is 0. The smallest absolute Gasteiger partial charge is 0.185 e. The topological polar surface area (TPSA) is 35.5 Å². The standard InChI is InChI=1S/C20H22O3/c1-22-16-10-6-14(7-11-16)18-4-3-5-19(20(18)21)15-8-12-17(23-2)13-9-15/h6,8,10-13H,3-5,7,9H2,1-2H3. The Kier molecular flexibility index (Phi) is 4.65. The molecule has 0 N–H and O–H groups in total. The molecule has 1 fully saturated rings. The van der Waals surface area contributed by atoms with Crippen molar-refractivity contribution >= 4 is 5.78 Å². The van der Waals surface area contributed by atoms with Crippen molar-refractivity contribution in [1.82, 2.24) is 0 Å². The molecule has 3 heteroatoms. The second-order valence-electron chi connectivity index (χ2n) is 5.89. The van der Waals surface area contributed by atoms with Crippen molar-refractivity contribution in [2.45, 2.75) is 32.1 Å². The third-order valence-corrected chi connectivity index (χ3v) is 4.59. The number of methoxy groups -OCH3 is 2. The molecular formula is C20H22O3. The Balaban J connectivity index is 1.86. The molecule has 0 aromatic rings. The zero-order valence-corrected chi connectivity index (χ0v) is 13.7. The fourth-order valence-electron chi connectivity index (χ4n) is 3.27. The summed E-state index contributed by atoms with van der Waals surface area (Å²) < 4.78 is 10.4. The van der Waals surface area contributed by atoms with Crippen LogP contribution in [0.4, 0.5) is 0 Å². The van der Waals surface area contributed by atoms with Gasteiger partial charge in [-0.2, -0.15) is 0 Å². The van der Waals surface area contributed by atoms with Crippen molar-refractivity contribution in [2.75, 3.05) is 14.2 Å². The van der Waals surface area contributed by atoms with Crippen LogP contribution >= 0.6 is 0 Å². The summed E-state index contributed by atoms with van der Waals surface area (Å²) in [5.41, 5.74) is 4.19. The van der Waals surface area contributed by atoms with E-state index in [1.165, 1.54) is 0 Å². The Labute approximate surface area is 137 Å². The first kappa shape index (κ1) is 15.6. The minimum atomic E-state index is 0.221. The SMILES string of the molecule is COC1=CCC(=C2CCCC(=C3C=CC(OC)=CC3)C2=O)C=C1. The van der Waals surface area contributed by atoms with Crippen molar-refractivity contribution in [3.63, 3.8) is 0 Å². The van der Waals surface area contributed by atoms with Gasteiger partial charge in [-0.05, 0) is 67.6 Å². The van der Waals surface area contributed by atoms with Crippen LogP contribution in [0.1, 0.15) is 32.1 Å². The summed E-state index contributed by atoms with van der Waals surface area (Å²) in [6.45, 7) is 0. The summed E-state index contributed by atoms with van der Waals surface area (Å²) in [6.07, 6.45) is 16.3. The lowest BCUT2D eigenvalue weighted by molar-refractivity contribution is -0.113. The second-order valence-corrected chi connectivity index (χ2v) is 5.89. The molecule has 0 spiro atoms. The van der Waals surface area contributed by atoms with Gasteiger partial charge in [0, 0.05) is 11.1 Å². The van der Waals surface area contributed by atoms with Crippen LogP contribution in [0.25, 0.3) is 0 Å². The van der Waals surface area contributed by atoms with Gasteiger partial charge in [0.2, 0.25) is 0 Å². The van der Waals surface area contributed by atoms with Crippen LogP contribution in [0.3, 0.4) is 0 Å². The lowest BCUT2D eigenvalue weighted by Gasteiger charge is -2.23. The number of ketones is 1. The van der Waals surface area contributed by atoms with Crippen molar-refractivity contribution in [2.24, 2.45) is 0 Å². The number of hydrogen-bond acceptors (Lipinski definition) is 3. The van der Waals surface area contributed by atoms with Crippen LogP contribution in [0.15, 0.2) is 70.3 Å². The fourth-order valence-corrected chi connectivity index (χ4v) is 3.27. The first-order valence-electron chi connectivity index (χ1n) is 8.06. The molecule has 0 amide bonds. The first-order valence-corrected chi connectivity index (χ1v) is 8.06. The minimum Gasteiger partial charge on any atom is -0.497 e. The molecule has 0 unspecified atom stereocenters. The second kappa shape index (κ2) is 6.86. The van der Waals surface area contributed by atoms with Crippen molar-refractivity contribution in [3.05, 3.63) is 70.3 Å². The maximum absolute atomic E-state index is 12.9. The molecule has 0 aromatic heterocycles. The minimum absolute atomic E-state index is 0.221. The molecule has 3 nitrogen and oxygen atoms in total. The lowest BCUT2D eigenvalue weighted by Crippen LogP contribution is -2.17. The monoisotopic (exact) mass is 310 g/mol. The van der Waals surface area contributed by atoms with E-state index in [-0.39, 0.29) is 5.78 Å². The Morgan fingerprint density at radius 3 is 1.61 bits per heavy atom. The third kappa shape index (κ3) is 3.24. The Morgan fingerprint density at radius 2 is 1.26 bits per heavy atom. The highest BCUT2D eigenvalue weighted by Crippen LogP contribution is 2.34. The maximum atomic E-state index is 12.9. The number of carbonyl (C=O) groups excluding carboxylic acids is 1. The van der Waals surface area contributed by atoms with E-state index in [4.69, 9.17) is 9.47 Å². The van der Waals surface area contributed by atoms with E-state index in [1.54, 1.807) is 14.2 Å². The van der Waals surface area contributed by atoms with E-state index >= 15 is 0 Å². The van der Waals surface area contributed by atoms with E-state index in [0.717, 1.165) is 65.9 Å². The van der Waals surface area contributed by atoms with Crippen LogP contribution < -0.4 is 0 Å². The quantitative estimate of drug-likeness (QED) is 0.713. The summed E-state index contributed by atoms with van der Waals surface area (Å²) >= 11 is 0. The summed E-state index contributed by atoms with van der Waals surface area (Å²) in [5, 5.41) is 0. The summed E-state index contributed by atoms with van der Waals surface area (Å²) in [7, 11) is 3.33. The van der Waals surface area contributed by atoms with E-state index < -0.39 is 0 Å². The van der Waals surface area contributed by atoms with Gasteiger partial charge in [-0.1, -0.05) is 12.2 Å². The van der Waals surface area contributed by atoms with Gasteiger partial charge in [-0.25, -0.2) is 0 Å². The van der Waals surface area contributed by atoms with Gasteiger partial charge < -0.3 is 9.47 Å². The molecular weight excluding hydrogens is 288 g/mol. The van der Waals surface area contributed by atoms with Crippen LogP contribution in [-0.4, -0.2) is 20.0 Å². The molecule has 120 valence electrons. The van der Waals surface area contributed by atoms with Gasteiger partial charge in [0.25, 0.3) is 0 Å². The van der Waals surface area contributed by atoms with Crippen LogP contribution in [0.5, 0.6) is 0 Å². The number of ether oxygens (including phenoxy) is 2. The fraction of sp³-hybridized carbons (Fsp3) is 0.350. The van der Waals surface area contributed by atoms with Gasteiger partial charge in [0.15, 0.2) is 5.78 Å². The molecule has 3 aliphatic carbocycles. The van der Waals surface area contributed by atoms with Crippen molar-refractivity contribution < 1.29 is 14.3 Å². The molecule has 3 aliphatic rings. The summed E-state index contributed by atoms with van der Waals surface area (Å²) in [4.78, 5) is 12.9. The van der Waals surface area contributed by atoms with Crippen molar-refractivity contribution in [3.8, 4) is 0 Å². The largest absolute Gasteiger partial charge is 0.497 e. The highest BCUT2D eigenvalue weighted by atomic mass is 16.5. The summed E-state index contributed by atoms with van der Waals surface area (Å²) in [5.74, 6) is 1.95. The van der Waals surface area contributed by atoms with Gasteiger partial charge in [-0.15, -0.1) is 0 Å². The number of carbonyl (C=O) groups is 1. The van der Waals surface area contributed by atoms with Crippen LogP contribution in [0, 0.1) is 0 Å². The van der Waals surface area contributed by atoms with Gasteiger partial charge in [0.05, 0.1) is 14.2 Å². The van der Waals surface area contributed by atoms with Crippen LogP contribution in [0.2, 0.25) is 0 Å². The van der Waals surface area contributed by atoms with Gasteiger partial charge in [0.1, 0.15) is 11.5 Å². The van der Waals surface area contributed by atoms with Gasteiger partial charge >= 0.3 is 0 Å². The normalized spacial score (nSPS) is 27.7. The molecule has 0 bridgehead atoms. The van der Waals surface area contributed by atoms with Crippen LogP contribution in [-0.2, 0) is 14.3 Å². The van der Waals surface area contributed by atoms with Crippen molar-refractivity contribution in [1.29, 1.82) is 0 Å². The highest BCUT2D eigenvalue weighted by molar-refractivity contribution is 6.10. The van der Waals surface area contributed by atoms with E-state index in [2.05, 4.69) is 0 Å². The third-order valence-electron chi connectivity index (χ3n) is 4.59. The predicted octanol–water partition coefficient (Wildman–Crippen LogP) is 4.31. The first-order chi connectivity index (χ1) is 11.2. The number of rotatable bonds is 2. The molecule has 1 saturated carbocycles. The van der Waals surface area contributed by atoms with E-state index in [1.807, 2.05) is 36.5 Å². The Bertz CT molecular complexity index is 638. The molecule has 0 radical (unpaired) electrons. The number of Topliss-reactive ketones (excluding diaryl/α,β-unsaturated/α-hetero) is 1. The zero-order valence-electron chi connectivity index (χ0n) is 13.7. The van der Waals surface area contributed by atoms with E-state index in [0.29, 0.717) is 0 Å². The molecule has 3 rings (SSSR count). The average Bonchev–Trinajstić information content (AvgIpc) is 2.62. The predicted molar refractivity (Wildman–Crippen MR) is 90.6 cm³/mol. The molecule has 0 aromatic carbocycles. The number of hydrogen-bond donors (Lipinski definition) is 0. The highest BCUT2D eigenvalue weighted by Gasteiger charge is 2.25. The average molecular weight is 310 g/mol. The Hall–Kier alpha value is -2.29. The molecule has 0 aliphatic heterocycles. The van der Waals surface area contributed by atoms with E-state index in [9.17, 15) is 4.79 Å². The molecule has 0 atom stereocenters. The molecule has 0 saturated heterocycles. The zero-order chi connectivity index (χ0) is 16.2. The lowest BCUT2D eigenvalue weighted by atomic mass is 9.81. The number of allylic oxidation sites excluding steroid dienone is 10. The Morgan fingerprint density at radius 1 is 0.783 bits per heavy atom. The molecule has 23 heavy (non-hydrogen) atoms.